The van der Waals surface area contributed by atoms with Crippen molar-refractivity contribution in [2.45, 2.75) is 40.5 Å². The standard InChI is InChI=1S/C23H37N5O2.HI/c1-5-24-21(30)23(3,4)17-27-22(25-6-2)26-15-19-14-20(29)28(16-19)13-12-18-10-8-7-9-11-18;/h7-11,19H,5-6,12-17H2,1-4H3,(H,24,30)(H2,25,26,27);1H. The Bertz CT molecular complexity index is 724. The molecule has 1 saturated heterocycles. The van der Waals surface area contributed by atoms with Crippen LogP contribution in [0.4, 0.5) is 0 Å². The smallest absolute Gasteiger partial charge is 0.227 e. The number of rotatable bonds is 10. The highest BCUT2D eigenvalue weighted by atomic mass is 127. The van der Waals surface area contributed by atoms with Crippen LogP contribution in [0.15, 0.2) is 35.3 Å². The molecular formula is C23H38IN5O2. The lowest BCUT2D eigenvalue weighted by atomic mass is 9.92. The maximum absolute atomic E-state index is 12.4. The maximum Gasteiger partial charge on any atom is 0.227 e. The summed E-state index contributed by atoms with van der Waals surface area (Å²) < 4.78 is 0. The molecule has 0 saturated carbocycles. The van der Waals surface area contributed by atoms with Gasteiger partial charge in [0.2, 0.25) is 11.8 Å². The molecule has 2 rings (SSSR count). The topological polar surface area (TPSA) is 85.8 Å². The van der Waals surface area contributed by atoms with Crippen molar-refractivity contribution in [1.82, 2.24) is 20.9 Å². The monoisotopic (exact) mass is 543 g/mol. The minimum absolute atomic E-state index is 0. The predicted octanol–water partition coefficient (Wildman–Crippen LogP) is 2.41. The van der Waals surface area contributed by atoms with Gasteiger partial charge in [-0.3, -0.25) is 14.6 Å². The number of benzene rings is 1. The van der Waals surface area contributed by atoms with Gasteiger partial charge in [0.15, 0.2) is 5.96 Å². The SMILES string of the molecule is CCNC(=O)C(C)(C)CN=C(NCC)NCC1CC(=O)N(CCc2ccccc2)C1.I. The van der Waals surface area contributed by atoms with Crippen molar-refractivity contribution in [2.24, 2.45) is 16.3 Å². The number of aliphatic imine (C=N–C) groups is 1. The van der Waals surface area contributed by atoms with Crippen molar-refractivity contribution in [3.63, 3.8) is 0 Å². The van der Waals surface area contributed by atoms with Crippen LogP contribution in [-0.4, -0.2) is 61.9 Å². The van der Waals surface area contributed by atoms with Gasteiger partial charge in [-0.15, -0.1) is 24.0 Å². The molecule has 0 radical (unpaired) electrons. The van der Waals surface area contributed by atoms with Crippen molar-refractivity contribution in [2.75, 3.05) is 39.3 Å². The van der Waals surface area contributed by atoms with Crippen LogP contribution in [-0.2, 0) is 16.0 Å². The third-order valence-electron chi connectivity index (χ3n) is 5.29. The van der Waals surface area contributed by atoms with Crippen LogP contribution in [0.5, 0.6) is 0 Å². The van der Waals surface area contributed by atoms with Crippen LogP contribution in [0, 0.1) is 11.3 Å². The third-order valence-corrected chi connectivity index (χ3v) is 5.29. The molecule has 1 atom stereocenters. The van der Waals surface area contributed by atoms with Crippen molar-refractivity contribution < 1.29 is 9.59 Å². The summed E-state index contributed by atoms with van der Waals surface area (Å²) in [6.45, 7) is 11.7. The number of carbonyl (C=O) groups is 2. The van der Waals surface area contributed by atoms with Gasteiger partial charge in [0.1, 0.15) is 0 Å². The first-order chi connectivity index (χ1) is 14.4. The second kappa shape index (κ2) is 13.5. The van der Waals surface area contributed by atoms with Gasteiger partial charge in [-0.05, 0) is 39.7 Å². The molecule has 0 aliphatic carbocycles. The second-order valence-corrected chi connectivity index (χ2v) is 8.46. The summed E-state index contributed by atoms with van der Waals surface area (Å²) in [5.41, 5.74) is 0.679. The van der Waals surface area contributed by atoms with Crippen molar-refractivity contribution in [3.8, 4) is 0 Å². The van der Waals surface area contributed by atoms with Crippen molar-refractivity contribution >= 4 is 41.8 Å². The summed E-state index contributed by atoms with van der Waals surface area (Å²) in [5, 5.41) is 9.44. The number of hydrogen-bond donors (Lipinski definition) is 3. The third kappa shape index (κ3) is 9.04. The molecule has 1 aliphatic heterocycles. The summed E-state index contributed by atoms with van der Waals surface area (Å²) in [7, 11) is 0. The Morgan fingerprint density at radius 1 is 1.13 bits per heavy atom. The first-order valence-electron chi connectivity index (χ1n) is 11.0. The molecule has 0 bridgehead atoms. The largest absolute Gasteiger partial charge is 0.357 e. The first kappa shape index (κ1) is 27.2. The van der Waals surface area contributed by atoms with Gasteiger partial charge in [0.05, 0.1) is 12.0 Å². The van der Waals surface area contributed by atoms with E-state index in [0.29, 0.717) is 32.0 Å². The van der Waals surface area contributed by atoms with Crippen LogP contribution >= 0.6 is 24.0 Å². The molecule has 1 fully saturated rings. The number of guanidine groups is 1. The molecule has 1 aliphatic rings. The van der Waals surface area contributed by atoms with Crippen molar-refractivity contribution in [1.29, 1.82) is 0 Å². The van der Waals surface area contributed by atoms with E-state index < -0.39 is 5.41 Å². The molecule has 3 N–H and O–H groups in total. The van der Waals surface area contributed by atoms with Gasteiger partial charge in [0, 0.05) is 45.1 Å². The van der Waals surface area contributed by atoms with Crippen LogP contribution in [0.3, 0.4) is 0 Å². The van der Waals surface area contributed by atoms with Gasteiger partial charge < -0.3 is 20.9 Å². The quantitative estimate of drug-likeness (QED) is 0.241. The van der Waals surface area contributed by atoms with E-state index in [9.17, 15) is 9.59 Å². The van der Waals surface area contributed by atoms with Crippen LogP contribution in [0.1, 0.15) is 39.7 Å². The lowest BCUT2D eigenvalue weighted by molar-refractivity contribution is -0.129. The van der Waals surface area contributed by atoms with Gasteiger partial charge in [-0.2, -0.15) is 0 Å². The number of halogens is 1. The van der Waals surface area contributed by atoms with Crippen LogP contribution in [0.25, 0.3) is 0 Å². The zero-order chi connectivity index (χ0) is 22.0. The molecule has 1 unspecified atom stereocenters. The fraction of sp³-hybridized carbons (Fsp3) is 0.609. The first-order valence-corrected chi connectivity index (χ1v) is 11.0. The van der Waals surface area contributed by atoms with E-state index in [1.54, 1.807) is 0 Å². The fourth-order valence-corrected chi connectivity index (χ4v) is 3.45. The molecule has 2 amide bonds. The highest BCUT2D eigenvalue weighted by molar-refractivity contribution is 14.0. The van der Waals surface area contributed by atoms with E-state index in [0.717, 1.165) is 26.1 Å². The Kier molecular flexibility index (Phi) is 11.9. The van der Waals surface area contributed by atoms with E-state index >= 15 is 0 Å². The summed E-state index contributed by atoms with van der Waals surface area (Å²) in [6, 6.07) is 10.3. The van der Waals surface area contributed by atoms with Crippen LogP contribution < -0.4 is 16.0 Å². The average Bonchev–Trinajstić information content (AvgIpc) is 3.09. The number of likely N-dealkylation sites (tertiary alicyclic amines) is 1. The van der Waals surface area contributed by atoms with E-state index in [4.69, 9.17) is 0 Å². The number of amides is 2. The minimum atomic E-state index is -0.573. The molecular weight excluding hydrogens is 505 g/mol. The van der Waals surface area contributed by atoms with E-state index in [1.807, 2.05) is 50.8 Å². The lowest BCUT2D eigenvalue weighted by Gasteiger charge is -2.22. The van der Waals surface area contributed by atoms with E-state index in [-0.39, 0.29) is 41.7 Å². The maximum atomic E-state index is 12.4. The summed E-state index contributed by atoms with van der Waals surface area (Å²) in [4.78, 5) is 31.1. The summed E-state index contributed by atoms with van der Waals surface area (Å²) >= 11 is 0. The highest BCUT2D eigenvalue weighted by Crippen LogP contribution is 2.18. The van der Waals surface area contributed by atoms with Gasteiger partial charge in [0.25, 0.3) is 0 Å². The Labute approximate surface area is 203 Å². The van der Waals surface area contributed by atoms with E-state index in [1.165, 1.54) is 5.56 Å². The lowest BCUT2D eigenvalue weighted by Crippen LogP contribution is -2.43. The minimum Gasteiger partial charge on any atom is -0.357 e. The molecule has 8 heteroatoms. The molecule has 0 spiro atoms. The summed E-state index contributed by atoms with van der Waals surface area (Å²) in [5.74, 6) is 1.16. The molecule has 1 heterocycles. The van der Waals surface area contributed by atoms with Crippen molar-refractivity contribution in [3.05, 3.63) is 35.9 Å². The Morgan fingerprint density at radius 3 is 2.45 bits per heavy atom. The Morgan fingerprint density at radius 2 is 1.81 bits per heavy atom. The Hall–Kier alpha value is -1.84. The normalized spacial score (nSPS) is 16.6. The molecule has 174 valence electrons. The molecule has 1 aromatic rings. The summed E-state index contributed by atoms with van der Waals surface area (Å²) in [6.07, 6.45) is 1.44. The number of carbonyl (C=O) groups excluding carboxylic acids is 2. The van der Waals surface area contributed by atoms with Crippen LogP contribution in [0.2, 0.25) is 0 Å². The van der Waals surface area contributed by atoms with Gasteiger partial charge in [-0.25, -0.2) is 0 Å². The molecule has 31 heavy (non-hydrogen) atoms. The van der Waals surface area contributed by atoms with Gasteiger partial charge in [-0.1, -0.05) is 30.3 Å². The second-order valence-electron chi connectivity index (χ2n) is 8.46. The number of nitrogens with one attached hydrogen (secondary N) is 3. The molecule has 7 nitrogen and oxygen atoms in total. The number of hydrogen-bond acceptors (Lipinski definition) is 3. The molecule has 0 aromatic heterocycles. The fourth-order valence-electron chi connectivity index (χ4n) is 3.45. The highest BCUT2D eigenvalue weighted by Gasteiger charge is 2.30. The van der Waals surface area contributed by atoms with Gasteiger partial charge >= 0.3 is 0 Å². The predicted molar refractivity (Wildman–Crippen MR) is 137 cm³/mol. The number of nitrogens with zero attached hydrogens (tertiary/aromatic N) is 2. The zero-order valence-electron chi connectivity index (χ0n) is 19.2. The average molecular weight is 543 g/mol. The zero-order valence-corrected chi connectivity index (χ0v) is 21.6. The molecule has 1 aromatic carbocycles. The van der Waals surface area contributed by atoms with E-state index in [2.05, 4.69) is 33.1 Å². The Balaban J connectivity index is 0.00000480.